The zero-order valence-electron chi connectivity index (χ0n) is 8.70. The fourth-order valence-corrected chi connectivity index (χ4v) is 2.00. The molecule has 0 aromatic heterocycles. The van der Waals surface area contributed by atoms with Gasteiger partial charge in [-0.05, 0) is 35.6 Å². The summed E-state index contributed by atoms with van der Waals surface area (Å²) in [6.45, 7) is 1.82. The molecule has 0 spiro atoms. The van der Waals surface area contributed by atoms with Crippen molar-refractivity contribution < 1.29 is 13.2 Å². The van der Waals surface area contributed by atoms with Gasteiger partial charge in [-0.15, -0.1) is 0 Å². The lowest BCUT2D eigenvalue weighted by atomic mass is 10.1. The van der Waals surface area contributed by atoms with Crippen molar-refractivity contribution in [3.8, 4) is 0 Å². The van der Waals surface area contributed by atoms with E-state index in [-0.39, 0.29) is 0 Å². The number of hydrogen-bond donors (Lipinski definition) is 0. The summed E-state index contributed by atoms with van der Waals surface area (Å²) in [6.07, 6.45) is 0.945. The van der Waals surface area contributed by atoms with E-state index in [1.54, 1.807) is 18.2 Å². The summed E-state index contributed by atoms with van der Waals surface area (Å²) in [5, 5.41) is 0. The van der Waals surface area contributed by atoms with Crippen LogP contribution in [0.2, 0.25) is 0 Å². The van der Waals surface area contributed by atoms with Gasteiger partial charge in [0, 0.05) is 11.8 Å². The third kappa shape index (κ3) is 2.75. The average molecular weight is 373 g/mol. The van der Waals surface area contributed by atoms with Crippen LogP contribution in [0.4, 0.5) is 0 Å². The molecule has 6 heteroatoms. The van der Waals surface area contributed by atoms with Crippen LogP contribution in [-0.2, 0) is 9.84 Å². The molecule has 0 unspecified atom stereocenters. The zero-order valence-corrected chi connectivity index (χ0v) is 12.4. The summed E-state index contributed by atoms with van der Waals surface area (Å²) in [7, 11) is -3.66. The molecule has 3 nitrogen and oxygen atoms in total. The van der Waals surface area contributed by atoms with Crippen molar-refractivity contribution >= 4 is 49.8 Å². The number of Topliss-reactive ketones (excluding diaryl/α,β-unsaturated/α-hetero) is 1. The Morgan fingerprint density at radius 3 is 2.44 bits per heavy atom. The van der Waals surface area contributed by atoms with Crippen molar-refractivity contribution in [1.29, 1.82) is 0 Å². The minimum Gasteiger partial charge on any atom is -0.290 e. The van der Waals surface area contributed by atoms with Gasteiger partial charge in [0.05, 0.1) is 0 Å². The molecule has 0 saturated heterocycles. The van der Waals surface area contributed by atoms with E-state index >= 15 is 0 Å². The monoisotopic (exact) mass is 372 g/mol. The molecule has 1 aromatic carbocycles. The molecule has 0 N–H and O–H groups in total. The normalized spacial score (nSPS) is 15.5. The minimum atomic E-state index is -3.66. The number of hydrogen-bond acceptors (Lipinski definition) is 3. The third-order valence-corrected chi connectivity index (χ3v) is 7.03. The number of halogens is 2. The van der Waals surface area contributed by atoms with E-state index in [0.717, 1.165) is 11.8 Å². The van der Waals surface area contributed by atoms with E-state index < -0.39 is 17.8 Å². The summed E-state index contributed by atoms with van der Waals surface area (Å²) in [5.74, 6) is -0.610. The van der Waals surface area contributed by atoms with Gasteiger partial charge in [-0.3, -0.25) is 4.79 Å². The molecule has 0 fully saturated rings. The Bertz CT molecular complexity index is 523. The third-order valence-electron chi connectivity index (χ3n) is 2.01. The molecule has 0 amide bonds. The van der Waals surface area contributed by atoms with Crippen LogP contribution in [0.15, 0.2) is 24.3 Å². The maximum Gasteiger partial charge on any atom is 0.257 e. The molecule has 88 valence electrons. The number of rotatable bonds is 3. The van der Waals surface area contributed by atoms with E-state index in [1.165, 1.54) is 22.6 Å². The fraction of sp³-hybridized carbons (Fsp3) is 0.300. The number of alkyl halides is 2. The van der Waals surface area contributed by atoms with E-state index in [2.05, 4.69) is 0 Å². The number of carbonyl (C=O) groups excluding carboxylic acids is 1. The number of sulfone groups is 1. The number of carbonyl (C=O) groups is 1. The van der Waals surface area contributed by atoms with Crippen molar-refractivity contribution in [3.05, 3.63) is 35.4 Å². The van der Waals surface area contributed by atoms with Gasteiger partial charge >= 0.3 is 0 Å². The number of benzene rings is 1. The predicted molar refractivity (Wildman–Crippen MR) is 73.0 cm³/mol. The molecular weight excluding hydrogens is 363 g/mol. The molecule has 16 heavy (non-hydrogen) atoms. The minimum absolute atomic E-state index is 0.301. The predicted octanol–water partition coefficient (Wildman–Crippen LogP) is 2.55. The summed E-state index contributed by atoms with van der Waals surface area (Å²) in [4.78, 5) is 11.9. The summed E-state index contributed by atoms with van der Waals surface area (Å²) >= 11 is 7.25. The van der Waals surface area contributed by atoms with Gasteiger partial charge in [0.1, 0.15) is 0 Å². The van der Waals surface area contributed by atoms with Gasteiger partial charge in [-0.2, -0.15) is 0 Å². The number of ketones is 1. The van der Waals surface area contributed by atoms with Gasteiger partial charge in [-0.1, -0.05) is 35.4 Å². The van der Waals surface area contributed by atoms with Crippen molar-refractivity contribution in [3.63, 3.8) is 0 Å². The Labute approximate surface area is 113 Å². The Morgan fingerprint density at radius 2 is 2.00 bits per heavy atom. The lowest BCUT2D eigenvalue weighted by Crippen LogP contribution is -2.34. The van der Waals surface area contributed by atoms with E-state index in [9.17, 15) is 13.2 Å². The van der Waals surface area contributed by atoms with Crippen LogP contribution in [0.1, 0.15) is 15.9 Å². The van der Waals surface area contributed by atoms with Gasteiger partial charge in [0.25, 0.3) is 2.21 Å². The van der Waals surface area contributed by atoms with Crippen LogP contribution in [0, 0.1) is 6.92 Å². The molecule has 1 aromatic rings. The highest BCUT2D eigenvalue weighted by Crippen LogP contribution is 2.34. The maximum atomic E-state index is 11.9. The molecule has 0 heterocycles. The van der Waals surface area contributed by atoms with E-state index in [1.807, 2.05) is 13.0 Å². The summed E-state index contributed by atoms with van der Waals surface area (Å²) in [5.41, 5.74) is 1.18. The largest absolute Gasteiger partial charge is 0.290 e. The first-order valence-corrected chi connectivity index (χ1v) is 7.70. The Morgan fingerprint density at radius 1 is 1.44 bits per heavy atom. The van der Waals surface area contributed by atoms with Crippen LogP contribution in [0.25, 0.3) is 0 Å². The van der Waals surface area contributed by atoms with Crippen molar-refractivity contribution in [2.75, 3.05) is 6.26 Å². The van der Waals surface area contributed by atoms with Crippen LogP contribution in [0.5, 0.6) is 0 Å². The SMILES string of the molecule is Cc1cccc(C(=O)[C@](Cl)(I)S(C)(=O)=O)c1. The van der Waals surface area contributed by atoms with Gasteiger partial charge in [0.15, 0.2) is 9.84 Å². The highest BCUT2D eigenvalue weighted by atomic mass is 127. The van der Waals surface area contributed by atoms with Crippen LogP contribution in [0.3, 0.4) is 0 Å². The highest BCUT2D eigenvalue weighted by molar-refractivity contribution is 14.1. The molecule has 0 saturated carbocycles. The fourth-order valence-electron chi connectivity index (χ4n) is 1.12. The summed E-state index contributed by atoms with van der Waals surface area (Å²) < 4.78 is 20.9. The second kappa shape index (κ2) is 4.62. The quantitative estimate of drug-likeness (QED) is 0.465. The highest BCUT2D eigenvalue weighted by Gasteiger charge is 2.44. The lowest BCUT2D eigenvalue weighted by Gasteiger charge is -2.16. The van der Waals surface area contributed by atoms with Gasteiger partial charge in [-0.25, -0.2) is 8.42 Å². The molecule has 0 aliphatic rings. The van der Waals surface area contributed by atoms with Crippen LogP contribution < -0.4 is 0 Å². The molecular formula is C10H10ClIO3S. The second-order valence-electron chi connectivity index (χ2n) is 3.49. The Hall–Kier alpha value is -0.140. The lowest BCUT2D eigenvalue weighted by molar-refractivity contribution is 0.100. The second-order valence-corrected chi connectivity index (χ2v) is 9.42. The topological polar surface area (TPSA) is 51.2 Å². The van der Waals surface area contributed by atoms with E-state index in [0.29, 0.717) is 5.56 Å². The molecule has 0 aliphatic carbocycles. The molecule has 0 bridgehead atoms. The summed E-state index contributed by atoms with van der Waals surface area (Å²) in [6, 6.07) is 6.67. The first kappa shape index (κ1) is 13.9. The van der Waals surface area contributed by atoms with Crippen LogP contribution in [-0.4, -0.2) is 22.7 Å². The average Bonchev–Trinajstić information content (AvgIpc) is 2.14. The van der Waals surface area contributed by atoms with Crippen LogP contribution >= 0.6 is 34.2 Å². The van der Waals surface area contributed by atoms with Gasteiger partial charge < -0.3 is 0 Å². The molecule has 1 atom stereocenters. The van der Waals surface area contributed by atoms with Crippen molar-refractivity contribution in [1.82, 2.24) is 0 Å². The molecule has 1 rings (SSSR count). The zero-order chi connectivity index (χ0) is 12.6. The Balaban J connectivity index is 3.23. The first-order chi connectivity index (χ1) is 7.16. The first-order valence-electron chi connectivity index (χ1n) is 4.35. The van der Waals surface area contributed by atoms with Gasteiger partial charge in [0.2, 0.25) is 5.78 Å². The van der Waals surface area contributed by atoms with Crippen molar-refractivity contribution in [2.24, 2.45) is 0 Å². The number of aryl methyl sites for hydroxylation is 1. The van der Waals surface area contributed by atoms with E-state index in [4.69, 9.17) is 11.6 Å². The standard InChI is InChI=1S/C10H10ClIO3S/c1-7-4-3-5-8(6-7)9(13)10(11,12)16(2,14)15/h3-6H,1-2H3/t10-/m0/s1. The Kier molecular flexibility index (Phi) is 4.02. The molecule has 0 aliphatic heterocycles. The molecule has 0 radical (unpaired) electrons. The smallest absolute Gasteiger partial charge is 0.257 e. The maximum absolute atomic E-state index is 11.9. The van der Waals surface area contributed by atoms with Crippen molar-refractivity contribution in [2.45, 2.75) is 9.14 Å².